The Morgan fingerprint density at radius 1 is 0.686 bits per heavy atom. The number of fused-ring (bicyclic) bond motifs is 3. The molecule has 35 heavy (non-hydrogen) atoms. The Morgan fingerprint density at radius 3 is 2.23 bits per heavy atom. The molecule has 6 aromatic rings. The molecular formula is C33H24N2. The van der Waals surface area contributed by atoms with Crippen LogP contribution in [0.15, 0.2) is 97.1 Å². The van der Waals surface area contributed by atoms with Crippen LogP contribution in [0.4, 0.5) is 0 Å². The number of hydrogen-bond acceptors (Lipinski definition) is 0. The Kier molecular flexibility index (Phi) is 3.74. The van der Waals surface area contributed by atoms with Crippen molar-refractivity contribution in [3.63, 3.8) is 0 Å². The number of allylic oxidation sites excluding steroid dienone is 2. The average molecular weight is 449 g/mol. The lowest BCUT2D eigenvalue weighted by molar-refractivity contribution is 0.860. The first kappa shape index (κ1) is 19.1. The van der Waals surface area contributed by atoms with Crippen molar-refractivity contribution in [2.75, 3.05) is 0 Å². The summed E-state index contributed by atoms with van der Waals surface area (Å²) >= 11 is 0. The largest absolute Gasteiger partial charge is 0.330 e. The molecule has 8 rings (SSSR count). The molecule has 2 aliphatic rings. The summed E-state index contributed by atoms with van der Waals surface area (Å²) in [5.41, 5.74) is 9.23. The molecule has 2 heterocycles. The molecule has 2 aromatic heterocycles. The van der Waals surface area contributed by atoms with E-state index in [1.807, 2.05) is 0 Å². The van der Waals surface area contributed by atoms with Crippen molar-refractivity contribution in [1.82, 2.24) is 9.13 Å². The van der Waals surface area contributed by atoms with E-state index in [0.29, 0.717) is 5.92 Å². The monoisotopic (exact) mass is 448 g/mol. The van der Waals surface area contributed by atoms with E-state index in [2.05, 4.69) is 125 Å². The van der Waals surface area contributed by atoms with E-state index in [4.69, 9.17) is 0 Å². The second-order valence-corrected chi connectivity index (χ2v) is 9.80. The SMILES string of the molecule is Cn1c(-c2ccc3c4c5c(ccc24)C=CCC5C=C3)ccc1-n1c2ccccc2c2ccccc21. The maximum absolute atomic E-state index is 2.40. The summed E-state index contributed by atoms with van der Waals surface area (Å²) in [6.45, 7) is 0. The van der Waals surface area contributed by atoms with Crippen molar-refractivity contribution in [3.8, 4) is 17.1 Å². The van der Waals surface area contributed by atoms with Crippen LogP contribution in [-0.4, -0.2) is 9.13 Å². The van der Waals surface area contributed by atoms with Crippen LogP contribution in [0.2, 0.25) is 0 Å². The summed E-state index contributed by atoms with van der Waals surface area (Å²) in [5.74, 6) is 1.67. The van der Waals surface area contributed by atoms with Gasteiger partial charge in [-0.25, -0.2) is 0 Å². The predicted octanol–water partition coefficient (Wildman–Crippen LogP) is 8.47. The van der Waals surface area contributed by atoms with E-state index < -0.39 is 0 Å². The minimum atomic E-state index is 0.489. The van der Waals surface area contributed by atoms with Gasteiger partial charge in [-0.1, -0.05) is 85.0 Å². The number of aromatic nitrogens is 2. The van der Waals surface area contributed by atoms with Gasteiger partial charge in [-0.05, 0) is 58.1 Å². The first-order valence-electron chi connectivity index (χ1n) is 12.4. The van der Waals surface area contributed by atoms with E-state index in [1.165, 1.54) is 66.3 Å². The first-order valence-corrected chi connectivity index (χ1v) is 12.4. The number of para-hydroxylation sites is 2. The molecule has 1 unspecified atom stereocenters. The van der Waals surface area contributed by atoms with Crippen molar-refractivity contribution in [2.45, 2.75) is 12.3 Å². The fourth-order valence-electron chi connectivity index (χ4n) is 6.44. The van der Waals surface area contributed by atoms with Crippen LogP contribution in [0, 0.1) is 0 Å². The molecule has 0 saturated heterocycles. The molecule has 2 heteroatoms. The lowest BCUT2D eigenvalue weighted by Gasteiger charge is -2.26. The third-order valence-corrected chi connectivity index (χ3v) is 8.03. The lowest BCUT2D eigenvalue weighted by Crippen LogP contribution is -2.07. The molecule has 1 atom stereocenters. The fourth-order valence-corrected chi connectivity index (χ4v) is 6.44. The summed E-state index contributed by atoms with van der Waals surface area (Å²) < 4.78 is 4.76. The van der Waals surface area contributed by atoms with Crippen LogP contribution >= 0.6 is 0 Å². The van der Waals surface area contributed by atoms with Gasteiger partial charge in [0.2, 0.25) is 0 Å². The minimum absolute atomic E-state index is 0.489. The first-order chi connectivity index (χ1) is 17.3. The Labute approximate surface area is 204 Å². The highest BCUT2D eigenvalue weighted by atomic mass is 15.1. The fraction of sp³-hybridized carbons (Fsp3) is 0.0909. The van der Waals surface area contributed by atoms with Crippen LogP contribution < -0.4 is 0 Å². The number of rotatable bonds is 2. The van der Waals surface area contributed by atoms with Gasteiger partial charge < -0.3 is 4.57 Å². The summed E-state index contributed by atoms with van der Waals surface area (Å²) in [6.07, 6.45) is 10.4. The molecule has 0 saturated carbocycles. The maximum Gasteiger partial charge on any atom is 0.117 e. The highest BCUT2D eigenvalue weighted by molar-refractivity contribution is 6.09. The van der Waals surface area contributed by atoms with E-state index in [9.17, 15) is 0 Å². The summed E-state index contributed by atoms with van der Waals surface area (Å²) in [4.78, 5) is 0. The number of hydrogen-bond donors (Lipinski definition) is 0. The molecule has 0 N–H and O–H groups in total. The van der Waals surface area contributed by atoms with Gasteiger partial charge in [0, 0.05) is 29.3 Å². The van der Waals surface area contributed by atoms with Crippen molar-refractivity contribution < 1.29 is 0 Å². The van der Waals surface area contributed by atoms with E-state index in [1.54, 1.807) is 0 Å². The summed E-state index contributed by atoms with van der Waals surface area (Å²) in [5, 5.41) is 5.36. The van der Waals surface area contributed by atoms with Crippen LogP contribution in [-0.2, 0) is 7.05 Å². The van der Waals surface area contributed by atoms with Gasteiger partial charge in [-0.15, -0.1) is 0 Å². The predicted molar refractivity (Wildman–Crippen MR) is 148 cm³/mol. The molecule has 166 valence electrons. The average Bonchev–Trinajstić information content (AvgIpc) is 3.44. The van der Waals surface area contributed by atoms with E-state index in [-0.39, 0.29) is 0 Å². The van der Waals surface area contributed by atoms with Crippen LogP contribution in [0.3, 0.4) is 0 Å². The Hall–Kier alpha value is -4.30. The van der Waals surface area contributed by atoms with Crippen molar-refractivity contribution in [3.05, 3.63) is 114 Å². The van der Waals surface area contributed by atoms with Gasteiger partial charge in [0.25, 0.3) is 0 Å². The van der Waals surface area contributed by atoms with E-state index >= 15 is 0 Å². The second kappa shape index (κ2) is 6.86. The standard InChI is InChI=1S/C33H24N2/c1-34-28(19-20-31(34)35-29-11-4-2-9-24(29)25-10-3-5-12-30(25)35)26-17-15-23-14-13-21-7-6-8-22-16-18-27(26)33(23)32(21)22/h2-6,8-21H,7H2,1H3. The Morgan fingerprint density at radius 2 is 1.43 bits per heavy atom. The van der Waals surface area contributed by atoms with Gasteiger partial charge in [0.1, 0.15) is 5.82 Å². The molecular weight excluding hydrogens is 424 g/mol. The van der Waals surface area contributed by atoms with E-state index in [0.717, 1.165) is 6.42 Å². The summed E-state index contributed by atoms with van der Waals surface area (Å²) in [6, 6.07) is 31.2. The molecule has 0 fully saturated rings. The quantitative estimate of drug-likeness (QED) is 0.251. The number of benzene rings is 4. The molecule has 0 amide bonds. The highest BCUT2D eigenvalue weighted by Gasteiger charge is 2.24. The van der Waals surface area contributed by atoms with Gasteiger partial charge in [0.05, 0.1) is 16.7 Å². The normalized spacial score (nSPS) is 16.1. The van der Waals surface area contributed by atoms with Gasteiger partial charge in [0.15, 0.2) is 0 Å². The third-order valence-electron chi connectivity index (χ3n) is 8.03. The Balaban J connectivity index is 1.40. The zero-order valence-electron chi connectivity index (χ0n) is 19.6. The second-order valence-electron chi connectivity index (χ2n) is 9.80. The smallest absolute Gasteiger partial charge is 0.117 e. The molecule has 0 spiro atoms. The molecule has 2 nitrogen and oxygen atoms in total. The van der Waals surface area contributed by atoms with Gasteiger partial charge in [-0.3, -0.25) is 4.57 Å². The van der Waals surface area contributed by atoms with Crippen molar-refractivity contribution >= 4 is 44.7 Å². The molecule has 4 aromatic carbocycles. The molecule has 0 radical (unpaired) electrons. The lowest BCUT2D eigenvalue weighted by atomic mass is 9.78. The van der Waals surface area contributed by atoms with Crippen LogP contribution in [0.5, 0.6) is 0 Å². The summed E-state index contributed by atoms with van der Waals surface area (Å²) in [7, 11) is 2.20. The molecule has 2 aliphatic carbocycles. The van der Waals surface area contributed by atoms with Gasteiger partial charge >= 0.3 is 0 Å². The maximum atomic E-state index is 2.40. The topological polar surface area (TPSA) is 9.86 Å². The van der Waals surface area contributed by atoms with Crippen LogP contribution in [0.25, 0.3) is 61.8 Å². The minimum Gasteiger partial charge on any atom is -0.330 e. The van der Waals surface area contributed by atoms with Gasteiger partial charge in [-0.2, -0.15) is 0 Å². The number of nitrogens with zero attached hydrogens (tertiary/aromatic N) is 2. The third kappa shape index (κ3) is 2.49. The Bertz CT molecular complexity index is 1840. The zero-order chi connectivity index (χ0) is 23.1. The molecule has 0 aliphatic heterocycles. The van der Waals surface area contributed by atoms with Crippen molar-refractivity contribution in [2.24, 2.45) is 7.05 Å². The molecule has 0 bridgehead atoms. The zero-order valence-corrected chi connectivity index (χ0v) is 19.6. The van der Waals surface area contributed by atoms with Crippen LogP contribution in [0.1, 0.15) is 29.0 Å². The highest BCUT2D eigenvalue weighted by Crippen LogP contribution is 2.44. The van der Waals surface area contributed by atoms with Crippen molar-refractivity contribution in [1.29, 1.82) is 0 Å².